The highest BCUT2D eigenvalue weighted by atomic mass is 16.6. The Bertz CT molecular complexity index is 1240. The Labute approximate surface area is 203 Å². The van der Waals surface area contributed by atoms with E-state index in [1.54, 1.807) is 5.48 Å². The third kappa shape index (κ3) is 4.99. The number of hydrogen-bond acceptors (Lipinski definition) is 7. The van der Waals surface area contributed by atoms with E-state index in [1.807, 2.05) is 49.4 Å². The lowest BCUT2D eigenvalue weighted by Gasteiger charge is -2.39. The molecule has 0 spiro atoms. The Morgan fingerprint density at radius 1 is 1.17 bits per heavy atom. The summed E-state index contributed by atoms with van der Waals surface area (Å²) in [7, 11) is 0. The van der Waals surface area contributed by atoms with Crippen molar-refractivity contribution in [1.29, 1.82) is 0 Å². The molecular formula is C27H29N3O5. The quantitative estimate of drug-likeness (QED) is 0.390. The molecule has 0 aliphatic carbocycles. The summed E-state index contributed by atoms with van der Waals surface area (Å²) in [4.78, 5) is 22.4. The molecule has 1 aromatic heterocycles. The van der Waals surface area contributed by atoms with Gasteiger partial charge in [-0.15, -0.1) is 0 Å². The van der Waals surface area contributed by atoms with Gasteiger partial charge in [0.25, 0.3) is 0 Å². The number of pyridine rings is 1. The van der Waals surface area contributed by atoms with Gasteiger partial charge in [0.1, 0.15) is 18.5 Å². The summed E-state index contributed by atoms with van der Waals surface area (Å²) in [5.74, 6) is 0.353. The number of rotatable bonds is 7. The van der Waals surface area contributed by atoms with Crippen molar-refractivity contribution in [3.8, 4) is 5.75 Å². The van der Waals surface area contributed by atoms with Crippen molar-refractivity contribution in [3.05, 3.63) is 71.4 Å². The summed E-state index contributed by atoms with van der Waals surface area (Å²) in [6, 6.07) is 18.0. The summed E-state index contributed by atoms with van der Waals surface area (Å²) in [6.07, 6.45) is 1.91. The van der Waals surface area contributed by atoms with Gasteiger partial charge in [0.2, 0.25) is 5.91 Å². The SMILES string of the molecule is Cc1cc(COc2ccc(C3=NOC(C4(CC(=O)NO)CCOCC4)C3)cc2)c2ccccc2n1. The van der Waals surface area contributed by atoms with Crippen molar-refractivity contribution in [2.24, 2.45) is 10.6 Å². The van der Waals surface area contributed by atoms with Gasteiger partial charge in [-0.05, 0) is 61.7 Å². The van der Waals surface area contributed by atoms with E-state index in [4.69, 9.17) is 19.5 Å². The molecular weight excluding hydrogens is 446 g/mol. The smallest absolute Gasteiger partial charge is 0.244 e. The molecule has 0 radical (unpaired) electrons. The number of fused-ring (bicyclic) bond motifs is 1. The number of oxime groups is 1. The topological polar surface area (TPSA) is 102 Å². The number of carbonyl (C=O) groups is 1. The Balaban J connectivity index is 1.25. The van der Waals surface area contributed by atoms with E-state index in [0.717, 1.165) is 39.2 Å². The number of nitrogens with one attached hydrogen (secondary N) is 1. The number of benzene rings is 2. The highest BCUT2D eigenvalue weighted by Gasteiger charge is 2.46. The van der Waals surface area contributed by atoms with Gasteiger partial charge >= 0.3 is 0 Å². The maximum absolute atomic E-state index is 12.0. The molecule has 2 aromatic carbocycles. The third-order valence-electron chi connectivity index (χ3n) is 6.99. The van der Waals surface area contributed by atoms with Gasteiger partial charge in [-0.25, -0.2) is 5.48 Å². The number of nitrogens with zero attached hydrogens (tertiary/aromatic N) is 2. The minimum absolute atomic E-state index is 0.177. The maximum Gasteiger partial charge on any atom is 0.244 e. The fourth-order valence-corrected chi connectivity index (χ4v) is 5.04. The van der Waals surface area contributed by atoms with Gasteiger partial charge in [0.05, 0.1) is 11.2 Å². The van der Waals surface area contributed by atoms with Crippen molar-refractivity contribution in [1.82, 2.24) is 10.5 Å². The summed E-state index contributed by atoms with van der Waals surface area (Å²) in [6.45, 7) is 3.56. The van der Waals surface area contributed by atoms with Crippen LogP contribution in [-0.2, 0) is 21.0 Å². The summed E-state index contributed by atoms with van der Waals surface area (Å²) < 4.78 is 11.6. The van der Waals surface area contributed by atoms with Crippen LogP contribution in [0.1, 0.15) is 42.5 Å². The highest BCUT2D eigenvalue weighted by molar-refractivity contribution is 6.01. The zero-order valence-corrected chi connectivity index (χ0v) is 19.7. The van der Waals surface area contributed by atoms with Crippen LogP contribution in [0, 0.1) is 12.3 Å². The van der Waals surface area contributed by atoms with Crippen LogP contribution < -0.4 is 10.2 Å². The molecule has 35 heavy (non-hydrogen) atoms. The lowest BCUT2D eigenvalue weighted by molar-refractivity contribution is -0.140. The van der Waals surface area contributed by atoms with Crippen LogP contribution in [0.15, 0.2) is 59.8 Å². The first-order valence-electron chi connectivity index (χ1n) is 11.9. The average molecular weight is 476 g/mol. The van der Waals surface area contributed by atoms with Crippen molar-refractivity contribution >= 4 is 22.5 Å². The predicted octanol–water partition coefficient (Wildman–Crippen LogP) is 4.31. The van der Waals surface area contributed by atoms with Crippen LogP contribution in [0.2, 0.25) is 0 Å². The van der Waals surface area contributed by atoms with Crippen LogP contribution in [0.5, 0.6) is 5.75 Å². The number of hydrogen-bond donors (Lipinski definition) is 2. The highest BCUT2D eigenvalue weighted by Crippen LogP contribution is 2.43. The lowest BCUT2D eigenvalue weighted by Crippen LogP contribution is -2.44. The first-order chi connectivity index (χ1) is 17.1. The lowest BCUT2D eigenvalue weighted by atomic mass is 9.71. The van der Waals surface area contributed by atoms with Gasteiger partial charge in [-0.1, -0.05) is 23.4 Å². The van der Waals surface area contributed by atoms with Gasteiger partial charge in [-0.3, -0.25) is 15.0 Å². The molecule has 0 bridgehead atoms. The number of hydroxylamine groups is 1. The second-order valence-corrected chi connectivity index (χ2v) is 9.28. The first-order valence-corrected chi connectivity index (χ1v) is 11.9. The number of aryl methyl sites for hydroxylation is 1. The fourth-order valence-electron chi connectivity index (χ4n) is 5.04. The van der Waals surface area contributed by atoms with Crippen molar-refractivity contribution in [3.63, 3.8) is 0 Å². The molecule has 3 heterocycles. The summed E-state index contributed by atoms with van der Waals surface area (Å²) in [5.41, 5.74) is 6.17. The fraction of sp³-hybridized carbons (Fsp3) is 0.370. The second-order valence-electron chi connectivity index (χ2n) is 9.28. The number of para-hydroxylation sites is 1. The van der Waals surface area contributed by atoms with Crippen LogP contribution in [-0.4, -0.2) is 41.1 Å². The number of carbonyl (C=O) groups excluding carboxylic acids is 1. The van der Waals surface area contributed by atoms with Gasteiger partial charge in [-0.2, -0.15) is 0 Å². The van der Waals surface area contributed by atoms with Crippen LogP contribution in [0.4, 0.5) is 0 Å². The van der Waals surface area contributed by atoms with E-state index in [0.29, 0.717) is 39.1 Å². The zero-order valence-electron chi connectivity index (χ0n) is 19.7. The molecule has 2 aliphatic heterocycles. The zero-order chi connectivity index (χ0) is 24.3. The standard InChI is InChI=1S/C27H29N3O5/c1-18-14-20(22-4-2-3-5-23(22)28-18)17-34-21-8-6-19(7-9-21)24-15-25(35-30-24)27(16-26(31)29-32)10-12-33-13-11-27/h2-9,14,25,32H,10-13,15-17H2,1H3,(H,29,31). The molecule has 8 heteroatoms. The maximum atomic E-state index is 12.0. The van der Waals surface area contributed by atoms with E-state index < -0.39 is 11.3 Å². The van der Waals surface area contributed by atoms with E-state index in [-0.39, 0.29) is 12.5 Å². The minimum Gasteiger partial charge on any atom is -0.489 e. The van der Waals surface area contributed by atoms with Crippen molar-refractivity contribution in [2.45, 2.75) is 45.3 Å². The molecule has 2 aliphatic rings. The molecule has 1 atom stereocenters. The van der Waals surface area contributed by atoms with E-state index in [9.17, 15) is 4.79 Å². The second kappa shape index (κ2) is 10.0. The van der Waals surface area contributed by atoms with Crippen molar-refractivity contribution < 1.29 is 24.3 Å². The average Bonchev–Trinajstić information content (AvgIpc) is 3.39. The van der Waals surface area contributed by atoms with E-state index in [1.165, 1.54) is 0 Å². The third-order valence-corrected chi connectivity index (χ3v) is 6.99. The predicted molar refractivity (Wildman–Crippen MR) is 130 cm³/mol. The van der Waals surface area contributed by atoms with Crippen LogP contribution in [0.25, 0.3) is 10.9 Å². The Morgan fingerprint density at radius 2 is 1.94 bits per heavy atom. The molecule has 1 unspecified atom stereocenters. The van der Waals surface area contributed by atoms with Gasteiger partial charge in [0.15, 0.2) is 0 Å². The molecule has 1 saturated heterocycles. The van der Waals surface area contributed by atoms with Crippen LogP contribution >= 0.6 is 0 Å². The molecule has 3 aromatic rings. The largest absolute Gasteiger partial charge is 0.489 e. The molecule has 0 saturated carbocycles. The first kappa shape index (κ1) is 23.3. The van der Waals surface area contributed by atoms with Crippen molar-refractivity contribution in [2.75, 3.05) is 13.2 Å². The Kier molecular flexibility index (Phi) is 6.66. The van der Waals surface area contributed by atoms with Gasteiger partial charge < -0.3 is 14.3 Å². The van der Waals surface area contributed by atoms with E-state index in [2.05, 4.69) is 22.3 Å². The molecule has 2 N–H and O–H groups in total. The summed E-state index contributed by atoms with van der Waals surface area (Å²) in [5, 5.41) is 14.5. The molecule has 1 fully saturated rings. The Morgan fingerprint density at radius 3 is 2.71 bits per heavy atom. The van der Waals surface area contributed by atoms with Gasteiger partial charge in [0, 0.05) is 48.1 Å². The molecule has 5 rings (SSSR count). The minimum atomic E-state index is -0.414. The van der Waals surface area contributed by atoms with Crippen LogP contribution in [0.3, 0.4) is 0 Å². The monoisotopic (exact) mass is 475 g/mol. The van der Waals surface area contributed by atoms with E-state index >= 15 is 0 Å². The molecule has 182 valence electrons. The Hall–Kier alpha value is -3.49. The number of aromatic nitrogens is 1. The normalized spacial score (nSPS) is 19.1. The summed E-state index contributed by atoms with van der Waals surface area (Å²) >= 11 is 0. The number of ether oxygens (including phenoxy) is 2. The molecule has 1 amide bonds. The molecule has 8 nitrogen and oxygen atoms in total. The number of amides is 1.